The summed E-state index contributed by atoms with van der Waals surface area (Å²) >= 11 is 0. The molecule has 1 aliphatic rings. The Labute approximate surface area is 104 Å². The molecule has 0 spiro atoms. The molecule has 2 heteroatoms. The number of hydrogen-bond acceptors (Lipinski definition) is 2. The Kier molecular flexibility index (Phi) is 3.28. The van der Waals surface area contributed by atoms with E-state index in [1.54, 1.807) is 0 Å². The first-order valence-electron chi connectivity index (χ1n) is 6.47. The molecule has 0 unspecified atom stereocenters. The van der Waals surface area contributed by atoms with Gasteiger partial charge in [0.25, 0.3) is 0 Å². The van der Waals surface area contributed by atoms with Crippen LogP contribution in [0.2, 0.25) is 0 Å². The van der Waals surface area contributed by atoms with Crippen molar-refractivity contribution in [2.45, 2.75) is 50.5 Å². The van der Waals surface area contributed by atoms with Gasteiger partial charge in [-0.3, -0.25) is 0 Å². The third-order valence-corrected chi connectivity index (χ3v) is 4.31. The number of hydrogen-bond donors (Lipinski definition) is 2. The number of aryl methyl sites for hydroxylation is 1. The molecule has 17 heavy (non-hydrogen) atoms. The lowest BCUT2D eigenvalue weighted by atomic mass is 9.65. The molecular weight excluding hydrogens is 210 g/mol. The molecule has 0 atom stereocenters. The molecule has 0 bridgehead atoms. The monoisotopic (exact) mass is 233 g/mol. The fourth-order valence-corrected chi connectivity index (χ4v) is 2.85. The fraction of sp³-hybridized carbons (Fsp3) is 0.600. The maximum Gasteiger partial charge on any atom is 0.0620 e. The van der Waals surface area contributed by atoms with E-state index in [1.165, 1.54) is 11.1 Å². The second-order valence-electron chi connectivity index (χ2n) is 5.85. The third-order valence-electron chi connectivity index (χ3n) is 4.31. The topological polar surface area (TPSA) is 46.2 Å². The van der Waals surface area contributed by atoms with Crippen LogP contribution in [0.1, 0.15) is 43.7 Å². The van der Waals surface area contributed by atoms with Crippen molar-refractivity contribution in [3.63, 3.8) is 0 Å². The second kappa shape index (κ2) is 4.43. The van der Waals surface area contributed by atoms with Crippen LogP contribution in [0.25, 0.3) is 0 Å². The van der Waals surface area contributed by atoms with Crippen molar-refractivity contribution >= 4 is 0 Å². The molecule has 1 fully saturated rings. The number of aliphatic hydroxyl groups is 1. The minimum atomic E-state index is -0.498. The van der Waals surface area contributed by atoms with Crippen molar-refractivity contribution in [2.75, 3.05) is 6.54 Å². The van der Waals surface area contributed by atoms with Crippen LogP contribution < -0.4 is 5.73 Å². The summed E-state index contributed by atoms with van der Waals surface area (Å²) in [7, 11) is 0. The molecule has 3 N–H and O–H groups in total. The van der Waals surface area contributed by atoms with E-state index in [-0.39, 0.29) is 5.41 Å². The minimum absolute atomic E-state index is 0.0776. The van der Waals surface area contributed by atoms with Crippen LogP contribution in [0, 0.1) is 6.92 Å². The van der Waals surface area contributed by atoms with Gasteiger partial charge in [-0.05, 0) is 45.1 Å². The number of rotatable bonds is 2. The average Bonchev–Trinajstić information content (AvgIpc) is 2.30. The van der Waals surface area contributed by atoms with Crippen LogP contribution in [0.3, 0.4) is 0 Å². The average molecular weight is 233 g/mol. The highest BCUT2D eigenvalue weighted by atomic mass is 16.3. The minimum Gasteiger partial charge on any atom is -0.390 e. The molecule has 0 radical (unpaired) electrons. The zero-order valence-corrected chi connectivity index (χ0v) is 10.9. The van der Waals surface area contributed by atoms with E-state index in [0.717, 1.165) is 25.7 Å². The summed E-state index contributed by atoms with van der Waals surface area (Å²) in [5, 5.41) is 10.1. The fourth-order valence-electron chi connectivity index (χ4n) is 2.85. The second-order valence-corrected chi connectivity index (χ2v) is 5.85. The Morgan fingerprint density at radius 2 is 1.88 bits per heavy atom. The Morgan fingerprint density at radius 1 is 1.24 bits per heavy atom. The quantitative estimate of drug-likeness (QED) is 0.824. The van der Waals surface area contributed by atoms with Crippen molar-refractivity contribution in [3.8, 4) is 0 Å². The Balaban J connectivity index is 2.27. The molecule has 0 heterocycles. The summed E-state index contributed by atoms with van der Waals surface area (Å²) in [6.07, 6.45) is 3.66. The lowest BCUT2D eigenvalue weighted by Gasteiger charge is -2.42. The Bertz CT molecular complexity index is 388. The van der Waals surface area contributed by atoms with Gasteiger partial charge in [0, 0.05) is 12.0 Å². The molecular formula is C15H23NO. The predicted octanol–water partition coefficient (Wildman–Crippen LogP) is 2.52. The molecule has 1 aromatic carbocycles. The summed E-state index contributed by atoms with van der Waals surface area (Å²) in [5.41, 5.74) is 8.24. The first kappa shape index (κ1) is 12.6. The summed E-state index contributed by atoms with van der Waals surface area (Å²) in [6.45, 7) is 4.73. The first-order valence-corrected chi connectivity index (χ1v) is 6.47. The normalized spacial score (nSPS) is 33.6. The van der Waals surface area contributed by atoms with Gasteiger partial charge in [-0.1, -0.05) is 29.8 Å². The maximum absolute atomic E-state index is 10.1. The highest BCUT2D eigenvalue weighted by molar-refractivity contribution is 5.31. The van der Waals surface area contributed by atoms with Gasteiger partial charge in [0.05, 0.1) is 5.60 Å². The van der Waals surface area contributed by atoms with Crippen LogP contribution in [-0.4, -0.2) is 17.3 Å². The van der Waals surface area contributed by atoms with Crippen molar-refractivity contribution in [1.82, 2.24) is 0 Å². The van der Waals surface area contributed by atoms with E-state index in [0.29, 0.717) is 6.54 Å². The first-order chi connectivity index (χ1) is 7.97. The zero-order valence-electron chi connectivity index (χ0n) is 10.9. The highest BCUT2D eigenvalue weighted by Crippen LogP contribution is 2.42. The van der Waals surface area contributed by atoms with Gasteiger partial charge >= 0.3 is 0 Å². The van der Waals surface area contributed by atoms with Gasteiger partial charge in [-0.2, -0.15) is 0 Å². The Morgan fingerprint density at radius 3 is 2.41 bits per heavy atom. The van der Waals surface area contributed by atoms with Gasteiger partial charge in [0.1, 0.15) is 0 Å². The standard InChI is InChI=1S/C15H23NO/c1-12-4-3-5-13(10-12)15(11-16)8-6-14(2,17)7-9-15/h3-5,10,17H,6-9,11,16H2,1-2H3. The molecule has 94 valence electrons. The number of nitrogens with two attached hydrogens (primary N) is 1. The van der Waals surface area contributed by atoms with Crippen LogP contribution in [-0.2, 0) is 5.41 Å². The Hall–Kier alpha value is -0.860. The maximum atomic E-state index is 10.1. The van der Waals surface area contributed by atoms with E-state index >= 15 is 0 Å². The van der Waals surface area contributed by atoms with E-state index in [9.17, 15) is 5.11 Å². The SMILES string of the molecule is Cc1cccc(C2(CN)CCC(C)(O)CC2)c1. The largest absolute Gasteiger partial charge is 0.390 e. The van der Waals surface area contributed by atoms with Crippen molar-refractivity contribution in [3.05, 3.63) is 35.4 Å². The van der Waals surface area contributed by atoms with E-state index < -0.39 is 5.60 Å². The van der Waals surface area contributed by atoms with E-state index in [1.807, 2.05) is 6.92 Å². The zero-order chi connectivity index (χ0) is 12.5. The van der Waals surface area contributed by atoms with Gasteiger partial charge in [-0.15, -0.1) is 0 Å². The summed E-state index contributed by atoms with van der Waals surface area (Å²) in [4.78, 5) is 0. The van der Waals surface area contributed by atoms with Gasteiger partial charge < -0.3 is 10.8 Å². The molecule has 0 saturated heterocycles. The molecule has 1 saturated carbocycles. The smallest absolute Gasteiger partial charge is 0.0620 e. The van der Waals surface area contributed by atoms with Crippen LogP contribution in [0.15, 0.2) is 24.3 Å². The van der Waals surface area contributed by atoms with E-state index in [4.69, 9.17) is 5.73 Å². The molecule has 0 aliphatic heterocycles. The third kappa shape index (κ3) is 2.53. The lowest BCUT2D eigenvalue weighted by molar-refractivity contribution is 0.00143. The molecule has 2 rings (SSSR count). The van der Waals surface area contributed by atoms with E-state index in [2.05, 4.69) is 31.2 Å². The van der Waals surface area contributed by atoms with Crippen LogP contribution >= 0.6 is 0 Å². The van der Waals surface area contributed by atoms with Crippen LogP contribution in [0.4, 0.5) is 0 Å². The van der Waals surface area contributed by atoms with Crippen molar-refractivity contribution in [1.29, 1.82) is 0 Å². The van der Waals surface area contributed by atoms with Crippen LogP contribution in [0.5, 0.6) is 0 Å². The molecule has 0 aromatic heterocycles. The van der Waals surface area contributed by atoms with Crippen molar-refractivity contribution < 1.29 is 5.11 Å². The van der Waals surface area contributed by atoms with Gasteiger partial charge in [0.15, 0.2) is 0 Å². The highest BCUT2D eigenvalue weighted by Gasteiger charge is 2.39. The van der Waals surface area contributed by atoms with Crippen molar-refractivity contribution in [2.24, 2.45) is 5.73 Å². The summed E-state index contributed by atoms with van der Waals surface area (Å²) in [5.74, 6) is 0. The van der Waals surface area contributed by atoms with Gasteiger partial charge in [-0.25, -0.2) is 0 Å². The molecule has 1 aromatic rings. The summed E-state index contributed by atoms with van der Waals surface area (Å²) < 4.78 is 0. The predicted molar refractivity (Wildman–Crippen MR) is 71.0 cm³/mol. The number of benzene rings is 1. The molecule has 1 aliphatic carbocycles. The molecule has 0 amide bonds. The summed E-state index contributed by atoms with van der Waals surface area (Å²) in [6, 6.07) is 8.65. The lowest BCUT2D eigenvalue weighted by Crippen LogP contribution is -2.44. The molecule has 2 nitrogen and oxygen atoms in total. The van der Waals surface area contributed by atoms with Gasteiger partial charge in [0.2, 0.25) is 0 Å².